The molecule has 0 aromatic heterocycles. The SMILES string of the molecule is CNC(=O)CCCC/C=C/CCC(=O)NCCS. The Morgan fingerprint density at radius 3 is 2.44 bits per heavy atom. The van der Waals surface area contributed by atoms with Crippen LogP contribution < -0.4 is 10.6 Å². The van der Waals surface area contributed by atoms with E-state index in [0.29, 0.717) is 25.1 Å². The number of carbonyl (C=O) groups is 2. The summed E-state index contributed by atoms with van der Waals surface area (Å²) in [5.41, 5.74) is 0. The molecule has 0 aliphatic carbocycles. The molecular formula is C13H24N2O2S. The van der Waals surface area contributed by atoms with E-state index in [-0.39, 0.29) is 11.8 Å². The average Bonchev–Trinajstić information content (AvgIpc) is 2.38. The van der Waals surface area contributed by atoms with Gasteiger partial charge in [-0.15, -0.1) is 0 Å². The molecule has 4 nitrogen and oxygen atoms in total. The summed E-state index contributed by atoms with van der Waals surface area (Å²) >= 11 is 4.02. The van der Waals surface area contributed by atoms with Crippen LogP contribution in [0.1, 0.15) is 38.5 Å². The van der Waals surface area contributed by atoms with E-state index in [0.717, 1.165) is 25.7 Å². The van der Waals surface area contributed by atoms with Crippen molar-refractivity contribution in [3.63, 3.8) is 0 Å². The number of unbranched alkanes of at least 4 members (excludes halogenated alkanes) is 2. The van der Waals surface area contributed by atoms with Crippen molar-refractivity contribution in [1.82, 2.24) is 10.6 Å². The van der Waals surface area contributed by atoms with Gasteiger partial charge in [-0.25, -0.2) is 0 Å². The minimum absolute atomic E-state index is 0.0771. The largest absolute Gasteiger partial charge is 0.359 e. The standard InChI is InChI=1S/C13H24N2O2S/c1-14-12(16)8-6-4-2-3-5-7-9-13(17)15-10-11-18/h3,5,18H,2,4,6-11H2,1H3,(H,14,16)(H,15,17)/b5-3+. The molecule has 0 atom stereocenters. The Morgan fingerprint density at radius 2 is 1.78 bits per heavy atom. The average molecular weight is 272 g/mol. The van der Waals surface area contributed by atoms with Gasteiger partial charge in [0.2, 0.25) is 11.8 Å². The highest BCUT2D eigenvalue weighted by Gasteiger charge is 1.97. The van der Waals surface area contributed by atoms with Crippen LogP contribution in [0.5, 0.6) is 0 Å². The van der Waals surface area contributed by atoms with Crippen LogP contribution in [0.3, 0.4) is 0 Å². The third kappa shape index (κ3) is 11.5. The van der Waals surface area contributed by atoms with Gasteiger partial charge in [-0.1, -0.05) is 12.2 Å². The number of thiol groups is 1. The van der Waals surface area contributed by atoms with Crippen LogP contribution in [0.4, 0.5) is 0 Å². The van der Waals surface area contributed by atoms with Crippen molar-refractivity contribution in [2.24, 2.45) is 0 Å². The predicted molar refractivity (Wildman–Crippen MR) is 77.8 cm³/mol. The van der Waals surface area contributed by atoms with Gasteiger partial charge in [0.15, 0.2) is 0 Å². The fourth-order valence-corrected chi connectivity index (χ4v) is 1.52. The first kappa shape index (κ1) is 17.0. The van der Waals surface area contributed by atoms with Crippen molar-refractivity contribution < 1.29 is 9.59 Å². The van der Waals surface area contributed by atoms with Gasteiger partial charge in [0, 0.05) is 32.2 Å². The summed E-state index contributed by atoms with van der Waals surface area (Å²) in [7, 11) is 1.65. The summed E-state index contributed by atoms with van der Waals surface area (Å²) in [4.78, 5) is 22.2. The van der Waals surface area contributed by atoms with Crippen molar-refractivity contribution in [3.8, 4) is 0 Å². The van der Waals surface area contributed by atoms with E-state index in [1.165, 1.54) is 0 Å². The molecule has 104 valence electrons. The molecule has 2 amide bonds. The number of amides is 2. The Morgan fingerprint density at radius 1 is 1.06 bits per heavy atom. The summed E-state index contributed by atoms with van der Waals surface area (Å²) in [5, 5.41) is 5.37. The lowest BCUT2D eigenvalue weighted by atomic mass is 10.1. The monoisotopic (exact) mass is 272 g/mol. The molecule has 0 fully saturated rings. The van der Waals surface area contributed by atoms with Gasteiger partial charge in [0.05, 0.1) is 0 Å². The van der Waals surface area contributed by atoms with Gasteiger partial charge >= 0.3 is 0 Å². The molecule has 0 aromatic carbocycles. The van der Waals surface area contributed by atoms with E-state index in [9.17, 15) is 9.59 Å². The number of carbonyl (C=O) groups excluding carboxylic acids is 2. The first-order chi connectivity index (χ1) is 8.70. The van der Waals surface area contributed by atoms with Crippen molar-refractivity contribution in [2.75, 3.05) is 19.3 Å². The molecular weight excluding hydrogens is 248 g/mol. The van der Waals surface area contributed by atoms with Crippen LogP contribution in [0.2, 0.25) is 0 Å². The van der Waals surface area contributed by atoms with Gasteiger partial charge in [-0.2, -0.15) is 12.6 Å². The van der Waals surface area contributed by atoms with Crippen molar-refractivity contribution >= 4 is 24.4 Å². The Labute approximate surface area is 115 Å². The van der Waals surface area contributed by atoms with Crippen LogP contribution in [0.15, 0.2) is 12.2 Å². The maximum absolute atomic E-state index is 11.2. The predicted octanol–water partition coefficient (Wildman–Crippen LogP) is 1.68. The lowest BCUT2D eigenvalue weighted by Gasteiger charge is -2.00. The fraction of sp³-hybridized carbons (Fsp3) is 0.692. The minimum Gasteiger partial charge on any atom is -0.359 e. The highest BCUT2D eigenvalue weighted by molar-refractivity contribution is 7.80. The van der Waals surface area contributed by atoms with E-state index in [4.69, 9.17) is 0 Å². The lowest BCUT2D eigenvalue weighted by Crippen LogP contribution is -2.24. The van der Waals surface area contributed by atoms with Crippen LogP contribution in [0.25, 0.3) is 0 Å². The van der Waals surface area contributed by atoms with Gasteiger partial charge < -0.3 is 10.6 Å². The van der Waals surface area contributed by atoms with Crippen LogP contribution in [-0.2, 0) is 9.59 Å². The molecule has 0 rings (SSSR count). The lowest BCUT2D eigenvalue weighted by molar-refractivity contribution is -0.121. The molecule has 2 N–H and O–H groups in total. The highest BCUT2D eigenvalue weighted by Crippen LogP contribution is 2.02. The molecule has 0 unspecified atom stereocenters. The van der Waals surface area contributed by atoms with E-state index in [2.05, 4.69) is 29.3 Å². The second kappa shape index (κ2) is 12.5. The number of hydrogen-bond donors (Lipinski definition) is 3. The first-order valence-corrected chi connectivity index (χ1v) is 7.07. The maximum atomic E-state index is 11.2. The van der Waals surface area contributed by atoms with Crippen LogP contribution >= 0.6 is 12.6 Å². The zero-order valence-corrected chi connectivity index (χ0v) is 12.0. The maximum Gasteiger partial charge on any atom is 0.220 e. The zero-order chi connectivity index (χ0) is 13.6. The Balaban J connectivity index is 3.33. The van der Waals surface area contributed by atoms with Gasteiger partial charge in [0.1, 0.15) is 0 Å². The topological polar surface area (TPSA) is 58.2 Å². The molecule has 0 aliphatic heterocycles. The Kier molecular flexibility index (Phi) is 11.8. The molecule has 0 heterocycles. The van der Waals surface area contributed by atoms with Gasteiger partial charge in [-0.05, 0) is 25.7 Å². The summed E-state index contributed by atoms with van der Waals surface area (Å²) in [6, 6.07) is 0. The fourth-order valence-electron chi connectivity index (χ4n) is 1.41. The molecule has 0 spiro atoms. The highest BCUT2D eigenvalue weighted by atomic mass is 32.1. The van der Waals surface area contributed by atoms with Gasteiger partial charge in [0.25, 0.3) is 0 Å². The summed E-state index contributed by atoms with van der Waals surface area (Å²) < 4.78 is 0. The second-order valence-electron chi connectivity index (χ2n) is 4.00. The Bertz CT molecular complexity index is 268. The minimum atomic E-state index is 0.0771. The smallest absolute Gasteiger partial charge is 0.220 e. The van der Waals surface area contributed by atoms with Gasteiger partial charge in [-0.3, -0.25) is 9.59 Å². The summed E-state index contributed by atoms with van der Waals surface area (Å²) in [5.74, 6) is 0.848. The van der Waals surface area contributed by atoms with E-state index in [1.807, 2.05) is 6.08 Å². The number of allylic oxidation sites excluding steroid dienone is 2. The molecule has 5 heteroatoms. The Hall–Kier alpha value is -0.970. The summed E-state index contributed by atoms with van der Waals surface area (Å²) in [6.07, 6.45) is 8.89. The van der Waals surface area contributed by atoms with Crippen molar-refractivity contribution in [2.45, 2.75) is 38.5 Å². The normalized spacial score (nSPS) is 10.6. The third-order valence-corrected chi connectivity index (χ3v) is 2.67. The van der Waals surface area contributed by atoms with E-state index in [1.54, 1.807) is 7.05 Å². The molecule has 18 heavy (non-hydrogen) atoms. The molecule has 0 radical (unpaired) electrons. The molecule has 0 saturated carbocycles. The van der Waals surface area contributed by atoms with Crippen LogP contribution in [0, 0.1) is 0 Å². The number of rotatable bonds is 10. The molecule has 0 saturated heterocycles. The molecule has 0 bridgehead atoms. The van der Waals surface area contributed by atoms with Crippen LogP contribution in [-0.4, -0.2) is 31.2 Å². The zero-order valence-electron chi connectivity index (χ0n) is 11.1. The quantitative estimate of drug-likeness (QED) is 0.322. The molecule has 0 aliphatic rings. The number of nitrogens with one attached hydrogen (secondary N) is 2. The first-order valence-electron chi connectivity index (χ1n) is 6.43. The summed E-state index contributed by atoms with van der Waals surface area (Å²) in [6.45, 7) is 0.630. The van der Waals surface area contributed by atoms with E-state index < -0.39 is 0 Å². The number of hydrogen-bond acceptors (Lipinski definition) is 3. The van der Waals surface area contributed by atoms with Crippen molar-refractivity contribution in [3.05, 3.63) is 12.2 Å². The van der Waals surface area contributed by atoms with Crippen molar-refractivity contribution in [1.29, 1.82) is 0 Å². The van der Waals surface area contributed by atoms with E-state index >= 15 is 0 Å². The second-order valence-corrected chi connectivity index (χ2v) is 4.45. The molecule has 0 aromatic rings. The third-order valence-electron chi connectivity index (χ3n) is 2.44.